The van der Waals surface area contributed by atoms with Crippen molar-refractivity contribution in [1.29, 1.82) is 5.41 Å². The van der Waals surface area contributed by atoms with Gasteiger partial charge in [-0.2, -0.15) is 0 Å². The standard InChI is InChI=1S/C19H18Cl2N4OS2/c1-18(2)17(22)23-19(3,9-27-18)14-12(21)8-13(28-14)16-25-24-15(26-16)10-4-6-11(20)7-5-10/h4-8H,9H2,1-3H3,(H2,22,23)/t19-/m0/s1. The molecule has 4 rings (SSSR count). The molecule has 146 valence electrons. The van der Waals surface area contributed by atoms with Gasteiger partial charge < -0.3 is 9.73 Å². The maximum atomic E-state index is 8.33. The van der Waals surface area contributed by atoms with Gasteiger partial charge in [-0.25, -0.2) is 0 Å². The van der Waals surface area contributed by atoms with Crippen LogP contribution in [0.25, 0.3) is 22.2 Å². The van der Waals surface area contributed by atoms with Gasteiger partial charge in [-0.1, -0.05) is 23.2 Å². The summed E-state index contributed by atoms with van der Waals surface area (Å²) in [6.07, 6.45) is 0. The molecule has 0 amide bonds. The molecule has 1 saturated heterocycles. The van der Waals surface area contributed by atoms with Crippen LogP contribution < -0.4 is 5.32 Å². The lowest BCUT2D eigenvalue weighted by Gasteiger charge is -2.42. The van der Waals surface area contributed by atoms with Crippen LogP contribution in [0, 0.1) is 5.41 Å². The van der Waals surface area contributed by atoms with E-state index in [9.17, 15) is 0 Å². The zero-order valence-corrected chi connectivity index (χ0v) is 18.6. The Hall–Kier alpha value is -1.54. The number of rotatable bonds is 3. The first-order valence-electron chi connectivity index (χ1n) is 8.59. The number of nitrogens with zero attached hydrogens (tertiary/aromatic N) is 2. The van der Waals surface area contributed by atoms with Crippen molar-refractivity contribution in [3.63, 3.8) is 0 Å². The van der Waals surface area contributed by atoms with E-state index in [4.69, 9.17) is 33.0 Å². The van der Waals surface area contributed by atoms with Gasteiger partial charge in [0.1, 0.15) is 5.84 Å². The van der Waals surface area contributed by atoms with Gasteiger partial charge in [0.2, 0.25) is 5.89 Å². The third-order valence-electron chi connectivity index (χ3n) is 4.64. The van der Waals surface area contributed by atoms with Crippen molar-refractivity contribution < 1.29 is 4.42 Å². The quantitative estimate of drug-likeness (QED) is 0.503. The van der Waals surface area contributed by atoms with E-state index in [2.05, 4.69) is 22.4 Å². The highest BCUT2D eigenvalue weighted by atomic mass is 35.5. The molecule has 1 fully saturated rings. The minimum atomic E-state index is -0.420. The molecule has 0 radical (unpaired) electrons. The predicted octanol–water partition coefficient (Wildman–Crippen LogP) is 6.08. The summed E-state index contributed by atoms with van der Waals surface area (Å²) in [5, 5.41) is 21.3. The lowest BCUT2D eigenvalue weighted by molar-refractivity contribution is 0.483. The summed E-state index contributed by atoms with van der Waals surface area (Å²) in [7, 11) is 0. The smallest absolute Gasteiger partial charge is 0.258 e. The molecule has 3 heterocycles. The van der Waals surface area contributed by atoms with E-state index >= 15 is 0 Å². The molecule has 0 spiro atoms. The van der Waals surface area contributed by atoms with Crippen molar-refractivity contribution in [2.45, 2.75) is 31.1 Å². The van der Waals surface area contributed by atoms with E-state index in [0.29, 0.717) is 27.7 Å². The molecule has 0 saturated carbocycles. The monoisotopic (exact) mass is 452 g/mol. The Morgan fingerprint density at radius 1 is 1.11 bits per heavy atom. The Labute approximate surface area is 181 Å². The maximum absolute atomic E-state index is 8.33. The Morgan fingerprint density at radius 2 is 1.79 bits per heavy atom. The Balaban J connectivity index is 1.64. The molecule has 0 bridgehead atoms. The van der Waals surface area contributed by atoms with E-state index in [1.807, 2.05) is 32.0 Å². The Morgan fingerprint density at radius 3 is 2.46 bits per heavy atom. The van der Waals surface area contributed by atoms with E-state index in [-0.39, 0.29) is 4.75 Å². The Kier molecular flexibility index (Phi) is 4.98. The van der Waals surface area contributed by atoms with Crippen molar-refractivity contribution in [1.82, 2.24) is 15.5 Å². The van der Waals surface area contributed by atoms with Crippen LogP contribution in [0.15, 0.2) is 34.7 Å². The first-order valence-corrected chi connectivity index (χ1v) is 11.1. The van der Waals surface area contributed by atoms with Crippen LogP contribution in [0.3, 0.4) is 0 Å². The lowest BCUT2D eigenvalue weighted by atomic mass is 10.00. The summed E-state index contributed by atoms with van der Waals surface area (Å²) < 4.78 is 5.63. The van der Waals surface area contributed by atoms with Crippen molar-refractivity contribution in [3.8, 4) is 22.2 Å². The third-order valence-corrected chi connectivity index (χ3v) is 8.34. The van der Waals surface area contributed by atoms with Crippen molar-refractivity contribution in [2.24, 2.45) is 0 Å². The fourth-order valence-corrected chi connectivity index (χ4v) is 5.71. The van der Waals surface area contributed by atoms with E-state index < -0.39 is 5.54 Å². The first kappa shape index (κ1) is 19.8. The molecule has 9 heteroatoms. The van der Waals surface area contributed by atoms with Crippen molar-refractivity contribution >= 4 is 52.1 Å². The molecular weight excluding hydrogens is 435 g/mol. The molecule has 0 aliphatic carbocycles. The number of amidine groups is 1. The summed E-state index contributed by atoms with van der Waals surface area (Å²) in [6, 6.07) is 9.09. The molecule has 2 aromatic heterocycles. The normalized spacial score (nSPS) is 21.5. The maximum Gasteiger partial charge on any atom is 0.258 e. The summed E-state index contributed by atoms with van der Waals surface area (Å²) >= 11 is 15.8. The molecule has 1 aromatic carbocycles. The van der Waals surface area contributed by atoms with Crippen LogP contribution in [-0.4, -0.2) is 26.5 Å². The molecule has 3 aromatic rings. The molecule has 2 N–H and O–H groups in total. The second-order valence-electron chi connectivity index (χ2n) is 7.34. The highest BCUT2D eigenvalue weighted by Gasteiger charge is 2.42. The first-order chi connectivity index (χ1) is 13.2. The van der Waals surface area contributed by atoms with E-state index in [1.54, 1.807) is 23.9 Å². The van der Waals surface area contributed by atoms with Gasteiger partial charge in [0, 0.05) is 21.2 Å². The van der Waals surface area contributed by atoms with Crippen molar-refractivity contribution in [3.05, 3.63) is 45.3 Å². The molecule has 1 aliphatic rings. The minimum absolute atomic E-state index is 0.230. The number of aromatic nitrogens is 2. The summed E-state index contributed by atoms with van der Waals surface area (Å²) in [6.45, 7) is 6.16. The number of hydrogen-bond donors (Lipinski definition) is 2. The van der Waals surface area contributed by atoms with Gasteiger partial charge in [0.15, 0.2) is 0 Å². The SMILES string of the molecule is CC1(C)SC[C@@](C)(c2sc(-c3nnc(-c4ccc(Cl)cc4)o3)cc2Cl)NC1=N. The minimum Gasteiger partial charge on any atom is -0.415 e. The summed E-state index contributed by atoms with van der Waals surface area (Å²) in [5.41, 5.74) is 0.384. The van der Waals surface area contributed by atoms with Crippen LogP contribution in [-0.2, 0) is 5.54 Å². The number of benzene rings is 1. The van der Waals surface area contributed by atoms with Crippen LogP contribution in [0.4, 0.5) is 0 Å². The van der Waals surface area contributed by atoms with Gasteiger partial charge in [-0.05, 0) is 51.1 Å². The largest absolute Gasteiger partial charge is 0.415 e. The predicted molar refractivity (Wildman–Crippen MR) is 118 cm³/mol. The topological polar surface area (TPSA) is 74.8 Å². The lowest BCUT2D eigenvalue weighted by Crippen LogP contribution is -2.56. The highest BCUT2D eigenvalue weighted by molar-refractivity contribution is 8.01. The second kappa shape index (κ2) is 7.06. The average molecular weight is 453 g/mol. The van der Waals surface area contributed by atoms with E-state index in [0.717, 1.165) is 21.1 Å². The van der Waals surface area contributed by atoms with Crippen molar-refractivity contribution in [2.75, 3.05) is 5.75 Å². The number of thiophene rings is 1. The van der Waals surface area contributed by atoms with Crippen LogP contribution in [0.2, 0.25) is 10.0 Å². The van der Waals surface area contributed by atoms with Crippen LogP contribution >= 0.6 is 46.3 Å². The van der Waals surface area contributed by atoms with Gasteiger partial charge in [0.25, 0.3) is 5.89 Å². The molecule has 0 unspecified atom stereocenters. The number of hydrogen-bond acceptors (Lipinski definition) is 6. The molecule has 5 nitrogen and oxygen atoms in total. The zero-order chi connectivity index (χ0) is 20.1. The zero-order valence-electron chi connectivity index (χ0n) is 15.5. The third kappa shape index (κ3) is 3.56. The number of nitrogens with one attached hydrogen (secondary N) is 2. The van der Waals surface area contributed by atoms with Crippen LogP contribution in [0.5, 0.6) is 0 Å². The Bertz CT molecular complexity index is 1040. The molecule has 28 heavy (non-hydrogen) atoms. The van der Waals surface area contributed by atoms with E-state index in [1.165, 1.54) is 11.3 Å². The van der Waals surface area contributed by atoms with Gasteiger partial charge in [-0.3, -0.25) is 5.41 Å². The van der Waals surface area contributed by atoms with Crippen LogP contribution in [0.1, 0.15) is 25.6 Å². The fourth-order valence-electron chi connectivity index (χ4n) is 2.86. The number of thioether (sulfide) groups is 1. The van der Waals surface area contributed by atoms with Gasteiger partial charge >= 0.3 is 0 Å². The summed E-state index contributed by atoms with van der Waals surface area (Å²) in [5.74, 6) is 2.16. The van der Waals surface area contributed by atoms with Gasteiger partial charge in [-0.15, -0.1) is 33.3 Å². The fraction of sp³-hybridized carbons (Fsp3) is 0.316. The average Bonchev–Trinajstić information content (AvgIpc) is 3.27. The second-order valence-corrected chi connectivity index (χ2v) is 10.8. The molecule has 1 aliphatic heterocycles. The molecule has 1 atom stereocenters. The molecular formula is C19H18Cl2N4OS2. The highest BCUT2D eigenvalue weighted by Crippen LogP contribution is 2.45. The number of halogens is 2. The summed E-state index contributed by atoms with van der Waals surface area (Å²) in [4.78, 5) is 1.76. The van der Waals surface area contributed by atoms with Gasteiger partial charge in [0.05, 0.1) is 20.2 Å².